The Kier molecular flexibility index (Phi) is 6.44. The zero-order valence-corrected chi connectivity index (χ0v) is 18.0. The third-order valence-electron chi connectivity index (χ3n) is 4.20. The van der Waals surface area contributed by atoms with Crippen molar-refractivity contribution < 1.29 is 18.8 Å². The summed E-state index contributed by atoms with van der Waals surface area (Å²) in [6.07, 6.45) is 1.28. The van der Waals surface area contributed by atoms with E-state index in [-0.39, 0.29) is 10.6 Å². The van der Waals surface area contributed by atoms with Gasteiger partial charge in [-0.3, -0.25) is 4.72 Å². The SMILES string of the molecule is CC(C)(C)OC(=O)NC(=O)NSCC1(O[Si](C)(C)C(C)(C)C)CC1. The van der Waals surface area contributed by atoms with Gasteiger partial charge in [0.2, 0.25) is 0 Å². The number of hydrogen-bond donors (Lipinski definition) is 2. The van der Waals surface area contributed by atoms with Crippen molar-refractivity contribution >= 4 is 32.4 Å². The van der Waals surface area contributed by atoms with Crippen LogP contribution in [0.4, 0.5) is 9.59 Å². The number of amides is 3. The molecule has 0 aromatic rings. The second-order valence-corrected chi connectivity index (χ2v) is 14.4. The Morgan fingerprint density at radius 3 is 2.08 bits per heavy atom. The van der Waals surface area contributed by atoms with Crippen LogP contribution in [0.25, 0.3) is 0 Å². The van der Waals surface area contributed by atoms with Gasteiger partial charge in [0.25, 0.3) is 0 Å². The fourth-order valence-corrected chi connectivity index (χ4v) is 4.40. The molecule has 0 atom stereocenters. The molecule has 1 fully saturated rings. The molecule has 3 amide bonds. The van der Waals surface area contributed by atoms with Crippen LogP contribution in [0.15, 0.2) is 0 Å². The number of nitrogens with one attached hydrogen (secondary N) is 2. The second-order valence-electron chi connectivity index (χ2n) is 8.89. The van der Waals surface area contributed by atoms with Crippen LogP contribution in [-0.2, 0) is 9.16 Å². The van der Waals surface area contributed by atoms with Gasteiger partial charge in [0, 0.05) is 5.75 Å². The van der Waals surface area contributed by atoms with Gasteiger partial charge in [0.15, 0.2) is 8.32 Å². The van der Waals surface area contributed by atoms with Crippen molar-refractivity contribution in [2.45, 2.75) is 83.7 Å². The summed E-state index contributed by atoms with van der Waals surface area (Å²) in [5, 5.41) is 2.31. The molecule has 0 heterocycles. The van der Waals surface area contributed by atoms with Crippen molar-refractivity contribution in [1.29, 1.82) is 0 Å². The summed E-state index contributed by atoms with van der Waals surface area (Å²) in [5.74, 6) is 0.682. The highest BCUT2D eigenvalue weighted by Gasteiger charge is 2.51. The normalized spacial score (nSPS) is 17.2. The quantitative estimate of drug-likeness (QED) is 0.548. The van der Waals surface area contributed by atoms with E-state index in [1.807, 2.05) is 0 Å². The number of hydrogen-bond acceptors (Lipinski definition) is 5. The lowest BCUT2D eigenvalue weighted by Crippen LogP contribution is -2.46. The van der Waals surface area contributed by atoms with E-state index >= 15 is 0 Å². The lowest BCUT2D eigenvalue weighted by Gasteiger charge is -2.39. The van der Waals surface area contributed by atoms with Gasteiger partial charge in [-0.2, -0.15) is 0 Å². The molecule has 6 nitrogen and oxygen atoms in total. The van der Waals surface area contributed by atoms with Gasteiger partial charge in [0.1, 0.15) is 5.60 Å². The molecule has 0 unspecified atom stereocenters. The van der Waals surface area contributed by atoms with E-state index < -0.39 is 26.0 Å². The van der Waals surface area contributed by atoms with Crippen LogP contribution in [0, 0.1) is 0 Å². The monoisotopic (exact) mass is 376 g/mol. The first kappa shape index (κ1) is 21.3. The zero-order valence-electron chi connectivity index (χ0n) is 16.2. The van der Waals surface area contributed by atoms with Crippen LogP contribution in [-0.4, -0.2) is 37.4 Å². The van der Waals surface area contributed by atoms with E-state index in [1.54, 1.807) is 20.8 Å². The average Bonchev–Trinajstić information content (AvgIpc) is 3.03. The highest BCUT2D eigenvalue weighted by molar-refractivity contribution is 7.98. The van der Waals surface area contributed by atoms with Gasteiger partial charge in [-0.15, -0.1) is 0 Å². The summed E-state index contributed by atoms with van der Waals surface area (Å²) in [7, 11) is -1.82. The Balaban J connectivity index is 2.37. The highest BCUT2D eigenvalue weighted by Crippen LogP contribution is 2.48. The van der Waals surface area contributed by atoms with Gasteiger partial charge in [-0.25, -0.2) is 14.9 Å². The van der Waals surface area contributed by atoms with E-state index in [9.17, 15) is 9.59 Å². The minimum absolute atomic E-state index is 0.132. The summed E-state index contributed by atoms with van der Waals surface area (Å²) in [6, 6.07) is -0.572. The molecule has 0 radical (unpaired) electrons. The lowest BCUT2D eigenvalue weighted by molar-refractivity contribution is 0.0549. The fourth-order valence-electron chi connectivity index (χ4n) is 1.76. The molecule has 0 saturated heterocycles. The molecule has 0 spiro atoms. The van der Waals surface area contributed by atoms with Crippen LogP contribution in [0.1, 0.15) is 54.4 Å². The fraction of sp³-hybridized carbons (Fsp3) is 0.875. The van der Waals surface area contributed by atoms with Crippen molar-refractivity contribution in [1.82, 2.24) is 10.0 Å². The number of carbonyl (C=O) groups is 2. The molecule has 1 aliphatic rings. The molecular formula is C16H32N2O4SSi. The van der Waals surface area contributed by atoms with Crippen molar-refractivity contribution in [3.8, 4) is 0 Å². The van der Waals surface area contributed by atoms with Gasteiger partial charge in [-0.05, 0) is 63.7 Å². The Hall–Kier alpha value is -0.733. The highest BCUT2D eigenvalue weighted by atomic mass is 32.2. The number of urea groups is 1. The van der Waals surface area contributed by atoms with Gasteiger partial charge >= 0.3 is 12.1 Å². The number of ether oxygens (including phenoxy) is 1. The molecule has 24 heavy (non-hydrogen) atoms. The molecule has 8 heteroatoms. The predicted molar refractivity (Wildman–Crippen MR) is 101 cm³/mol. The number of imide groups is 1. The molecule has 0 bridgehead atoms. The van der Waals surface area contributed by atoms with Crippen LogP contribution < -0.4 is 10.0 Å². The maximum absolute atomic E-state index is 11.7. The lowest BCUT2D eigenvalue weighted by atomic mass is 10.2. The molecule has 0 aliphatic heterocycles. The largest absolute Gasteiger partial charge is 0.443 e. The summed E-state index contributed by atoms with van der Waals surface area (Å²) < 4.78 is 14.1. The molecule has 1 aliphatic carbocycles. The second kappa shape index (κ2) is 7.25. The summed E-state index contributed by atoms with van der Waals surface area (Å²) in [4.78, 5) is 23.2. The van der Waals surface area contributed by atoms with E-state index in [0.717, 1.165) is 12.8 Å². The van der Waals surface area contributed by atoms with E-state index in [1.165, 1.54) is 11.9 Å². The van der Waals surface area contributed by atoms with Crippen molar-refractivity contribution in [3.63, 3.8) is 0 Å². The molecule has 1 saturated carbocycles. The maximum atomic E-state index is 11.7. The Morgan fingerprint density at radius 2 is 1.67 bits per heavy atom. The van der Waals surface area contributed by atoms with Gasteiger partial charge < -0.3 is 9.16 Å². The summed E-state index contributed by atoms with van der Waals surface area (Å²) >= 11 is 1.27. The Morgan fingerprint density at radius 1 is 1.12 bits per heavy atom. The molecule has 0 aromatic heterocycles. The smallest absolute Gasteiger partial charge is 0.415 e. The average molecular weight is 377 g/mol. The van der Waals surface area contributed by atoms with Gasteiger partial charge in [0.05, 0.1) is 5.60 Å². The first-order valence-corrected chi connectivity index (χ1v) is 12.2. The third kappa shape index (κ3) is 7.02. The van der Waals surface area contributed by atoms with Crippen LogP contribution in [0.2, 0.25) is 18.1 Å². The predicted octanol–water partition coefficient (Wildman–Crippen LogP) is 4.42. The van der Waals surface area contributed by atoms with E-state index in [4.69, 9.17) is 9.16 Å². The summed E-state index contributed by atoms with van der Waals surface area (Å²) in [6.45, 7) is 16.4. The Bertz CT molecular complexity index is 479. The topological polar surface area (TPSA) is 76.7 Å². The maximum Gasteiger partial charge on any atom is 0.415 e. The molecule has 0 aromatic carbocycles. The number of alkyl carbamates (subject to hydrolysis) is 1. The van der Waals surface area contributed by atoms with Crippen molar-refractivity contribution in [2.24, 2.45) is 0 Å². The number of rotatable bonds is 5. The minimum atomic E-state index is -1.82. The van der Waals surface area contributed by atoms with Crippen molar-refractivity contribution in [3.05, 3.63) is 0 Å². The molecule has 2 N–H and O–H groups in total. The Labute approximate surface area is 151 Å². The molecule has 1 rings (SSSR count). The van der Waals surface area contributed by atoms with Crippen LogP contribution in [0.5, 0.6) is 0 Å². The summed E-state index contributed by atoms with van der Waals surface area (Å²) in [5.41, 5.74) is -0.764. The van der Waals surface area contributed by atoms with Gasteiger partial charge in [-0.1, -0.05) is 20.8 Å². The molecule has 140 valence electrons. The van der Waals surface area contributed by atoms with E-state index in [2.05, 4.69) is 43.9 Å². The molecular weight excluding hydrogens is 344 g/mol. The number of carbonyl (C=O) groups excluding carboxylic acids is 2. The van der Waals surface area contributed by atoms with Crippen LogP contribution >= 0.6 is 11.9 Å². The standard InChI is InChI=1S/C16H32N2O4SSi/c1-14(2,3)21-13(20)17-12(19)18-23-11-16(9-10-16)22-24(7,8)15(4,5)6/h9-11H2,1-8H3,(H2,17,18,19,20). The minimum Gasteiger partial charge on any atom is -0.443 e. The van der Waals surface area contributed by atoms with Crippen LogP contribution in [0.3, 0.4) is 0 Å². The zero-order chi connectivity index (χ0) is 18.8. The van der Waals surface area contributed by atoms with Crippen molar-refractivity contribution in [2.75, 3.05) is 5.75 Å². The first-order valence-electron chi connectivity index (χ1n) is 8.28. The third-order valence-corrected chi connectivity index (χ3v) is 9.76. The first-order chi connectivity index (χ1) is 10.7. The van der Waals surface area contributed by atoms with E-state index in [0.29, 0.717) is 5.75 Å².